The Kier molecular flexibility index (Phi) is 4.76. The molecule has 0 radical (unpaired) electrons. The van der Waals surface area contributed by atoms with Crippen molar-refractivity contribution < 1.29 is 9.53 Å². The highest BCUT2D eigenvalue weighted by atomic mass is 32.2. The molecule has 5 heteroatoms. The van der Waals surface area contributed by atoms with E-state index in [1.165, 1.54) is 4.90 Å². The second kappa shape index (κ2) is 6.96. The second-order valence-electron chi connectivity index (χ2n) is 5.53. The first-order chi connectivity index (χ1) is 11.2. The van der Waals surface area contributed by atoms with E-state index in [2.05, 4.69) is 29.3 Å². The molecular formula is C18H20N2O2S. The number of anilines is 2. The van der Waals surface area contributed by atoms with Gasteiger partial charge in [0.25, 0.3) is 0 Å². The van der Waals surface area contributed by atoms with Gasteiger partial charge in [-0.05, 0) is 24.3 Å². The van der Waals surface area contributed by atoms with E-state index < -0.39 is 0 Å². The quantitative estimate of drug-likeness (QED) is 0.930. The summed E-state index contributed by atoms with van der Waals surface area (Å²) in [6.45, 7) is 3.38. The number of nitrogens with zero attached hydrogens (tertiary/aromatic N) is 1. The molecule has 0 fully saturated rings. The van der Waals surface area contributed by atoms with E-state index in [4.69, 9.17) is 4.74 Å². The minimum absolute atomic E-state index is 0.0385. The number of para-hydroxylation sites is 3. The molecule has 0 aromatic heterocycles. The molecule has 120 valence electrons. The normalized spacial score (nSPS) is 16.6. The van der Waals surface area contributed by atoms with Crippen LogP contribution in [0.15, 0.2) is 53.4 Å². The van der Waals surface area contributed by atoms with E-state index >= 15 is 0 Å². The Balaban J connectivity index is 1.73. The highest BCUT2D eigenvalue weighted by Gasteiger charge is 2.23. The maximum absolute atomic E-state index is 12.5. The van der Waals surface area contributed by atoms with Gasteiger partial charge in [-0.3, -0.25) is 4.79 Å². The van der Waals surface area contributed by atoms with Gasteiger partial charge in [0, 0.05) is 16.7 Å². The Labute approximate surface area is 140 Å². The van der Waals surface area contributed by atoms with Crippen LogP contribution in [0.4, 0.5) is 11.4 Å². The fraction of sp³-hybridized carbons (Fsp3) is 0.278. The van der Waals surface area contributed by atoms with Crippen molar-refractivity contribution in [2.75, 3.05) is 30.4 Å². The summed E-state index contributed by atoms with van der Waals surface area (Å²) >= 11 is 1.86. The molecule has 0 spiro atoms. The summed E-state index contributed by atoms with van der Waals surface area (Å²) in [5.74, 6) is 0.632. The number of carbonyl (C=O) groups is 1. The Morgan fingerprint density at radius 1 is 1.26 bits per heavy atom. The molecule has 1 aliphatic rings. The summed E-state index contributed by atoms with van der Waals surface area (Å²) in [7, 11) is 1.60. The van der Waals surface area contributed by atoms with Crippen molar-refractivity contribution in [1.29, 1.82) is 0 Å². The number of ether oxygens (including phenoxy) is 1. The predicted molar refractivity (Wildman–Crippen MR) is 95.6 cm³/mol. The van der Waals surface area contributed by atoms with Gasteiger partial charge in [0.05, 0.1) is 25.0 Å². The van der Waals surface area contributed by atoms with Crippen LogP contribution in [0.5, 0.6) is 5.75 Å². The molecule has 1 N–H and O–H groups in total. The lowest BCUT2D eigenvalue weighted by Crippen LogP contribution is -2.39. The van der Waals surface area contributed by atoms with E-state index in [9.17, 15) is 4.79 Å². The van der Waals surface area contributed by atoms with Gasteiger partial charge in [0.2, 0.25) is 5.91 Å². The van der Waals surface area contributed by atoms with Gasteiger partial charge >= 0.3 is 0 Å². The van der Waals surface area contributed by atoms with Gasteiger partial charge in [-0.1, -0.05) is 31.2 Å². The first-order valence-corrected chi connectivity index (χ1v) is 8.49. The molecule has 0 bridgehead atoms. The average molecular weight is 328 g/mol. The summed E-state index contributed by atoms with van der Waals surface area (Å²) in [5.41, 5.74) is 1.83. The molecule has 1 aliphatic heterocycles. The third kappa shape index (κ3) is 3.62. The Bertz CT molecular complexity index is 705. The molecular weight excluding hydrogens is 308 g/mol. The van der Waals surface area contributed by atoms with Gasteiger partial charge < -0.3 is 15.0 Å². The number of amides is 1. The van der Waals surface area contributed by atoms with Crippen LogP contribution in [0.25, 0.3) is 0 Å². The van der Waals surface area contributed by atoms with Crippen molar-refractivity contribution in [1.82, 2.24) is 0 Å². The minimum atomic E-state index is -0.0385. The van der Waals surface area contributed by atoms with Crippen LogP contribution in [-0.2, 0) is 4.79 Å². The van der Waals surface area contributed by atoms with Gasteiger partial charge in [-0.15, -0.1) is 11.8 Å². The zero-order valence-corrected chi connectivity index (χ0v) is 14.1. The van der Waals surface area contributed by atoms with Crippen LogP contribution in [0.3, 0.4) is 0 Å². The standard InChI is InChI=1S/C18H20N2O2S/c1-13-11-20(15-8-4-6-10-17(15)23-13)12-18(21)19-14-7-3-5-9-16(14)22-2/h3-10,13H,11-12H2,1-2H3,(H,19,21)/t13-/m0/s1. The summed E-state index contributed by atoms with van der Waals surface area (Å²) in [6, 6.07) is 15.7. The summed E-state index contributed by atoms with van der Waals surface area (Å²) < 4.78 is 5.28. The lowest BCUT2D eigenvalue weighted by atomic mass is 10.2. The van der Waals surface area contributed by atoms with Crippen molar-refractivity contribution in [2.45, 2.75) is 17.1 Å². The van der Waals surface area contributed by atoms with E-state index in [0.29, 0.717) is 23.2 Å². The van der Waals surface area contributed by atoms with E-state index in [1.807, 2.05) is 48.2 Å². The largest absolute Gasteiger partial charge is 0.495 e. The first-order valence-electron chi connectivity index (χ1n) is 7.61. The topological polar surface area (TPSA) is 41.6 Å². The Morgan fingerprint density at radius 3 is 2.83 bits per heavy atom. The smallest absolute Gasteiger partial charge is 0.243 e. The molecule has 4 nitrogen and oxygen atoms in total. The van der Waals surface area contributed by atoms with Gasteiger partial charge in [0.15, 0.2) is 0 Å². The van der Waals surface area contributed by atoms with E-state index in [0.717, 1.165) is 12.2 Å². The summed E-state index contributed by atoms with van der Waals surface area (Å²) in [4.78, 5) is 15.8. The van der Waals surface area contributed by atoms with Gasteiger partial charge in [-0.25, -0.2) is 0 Å². The molecule has 0 unspecified atom stereocenters. The highest BCUT2D eigenvalue weighted by molar-refractivity contribution is 8.00. The predicted octanol–water partition coefficient (Wildman–Crippen LogP) is 3.63. The van der Waals surface area contributed by atoms with Crippen molar-refractivity contribution in [3.05, 3.63) is 48.5 Å². The number of carbonyl (C=O) groups excluding carboxylic acids is 1. The number of rotatable bonds is 4. The fourth-order valence-corrected chi connectivity index (χ4v) is 3.90. The van der Waals surface area contributed by atoms with E-state index in [-0.39, 0.29) is 5.91 Å². The van der Waals surface area contributed by atoms with Crippen molar-refractivity contribution in [2.24, 2.45) is 0 Å². The number of nitrogens with one attached hydrogen (secondary N) is 1. The minimum Gasteiger partial charge on any atom is -0.495 e. The van der Waals surface area contributed by atoms with Crippen LogP contribution in [0.2, 0.25) is 0 Å². The monoisotopic (exact) mass is 328 g/mol. The van der Waals surface area contributed by atoms with E-state index in [1.54, 1.807) is 7.11 Å². The third-order valence-corrected chi connectivity index (χ3v) is 4.88. The number of hydrogen-bond donors (Lipinski definition) is 1. The zero-order chi connectivity index (χ0) is 16.2. The summed E-state index contributed by atoms with van der Waals surface area (Å²) in [5, 5.41) is 3.40. The number of methoxy groups -OCH3 is 1. The summed E-state index contributed by atoms with van der Waals surface area (Å²) in [6.07, 6.45) is 0. The number of thioether (sulfide) groups is 1. The molecule has 1 heterocycles. The van der Waals surface area contributed by atoms with Crippen molar-refractivity contribution >= 4 is 29.0 Å². The van der Waals surface area contributed by atoms with Crippen molar-refractivity contribution in [3.63, 3.8) is 0 Å². The van der Waals surface area contributed by atoms with Crippen LogP contribution >= 0.6 is 11.8 Å². The number of hydrogen-bond acceptors (Lipinski definition) is 4. The maximum Gasteiger partial charge on any atom is 0.243 e. The molecule has 23 heavy (non-hydrogen) atoms. The maximum atomic E-state index is 12.5. The average Bonchev–Trinajstić information content (AvgIpc) is 2.55. The van der Waals surface area contributed by atoms with Crippen LogP contribution in [-0.4, -0.2) is 31.4 Å². The Morgan fingerprint density at radius 2 is 2.00 bits per heavy atom. The third-order valence-electron chi connectivity index (χ3n) is 3.73. The molecule has 0 saturated heterocycles. The number of benzene rings is 2. The molecule has 3 rings (SSSR count). The molecule has 2 aromatic rings. The van der Waals surface area contributed by atoms with Crippen molar-refractivity contribution in [3.8, 4) is 5.75 Å². The SMILES string of the molecule is COc1ccccc1NC(=O)CN1C[C@H](C)Sc2ccccc21. The van der Waals surface area contributed by atoms with Crippen LogP contribution in [0.1, 0.15) is 6.92 Å². The van der Waals surface area contributed by atoms with Gasteiger partial charge in [-0.2, -0.15) is 0 Å². The van der Waals surface area contributed by atoms with Gasteiger partial charge in [0.1, 0.15) is 5.75 Å². The number of fused-ring (bicyclic) bond motifs is 1. The lowest BCUT2D eigenvalue weighted by Gasteiger charge is -2.33. The second-order valence-corrected chi connectivity index (χ2v) is 7.01. The highest BCUT2D eigenvalue weighted by Crippen LogP contribution is 2.37. The lowest BCUT2D eigenvalue weighted by molar-refractivity contribution is -0.115. The molecule has 1 atom stereocenters. The molecule has 0 saturated carbocycles. The van der Waals surface area contributed by atoms with Crippen LogP contribution in [0, 0.1) is 0 Å². The van der Waals surface area contributed by atoms with Crippen LogP contribution < -0.4 is 15.0 Å². The molecule has 2 aromatic carbocycles. The molecule has 0 aliphatic carbocycles. The first kappa shape index (κ1) is 15.7. The fourth-order valence-electron chi connectivity index (χ4n) is 2.74. The Hall–Kier alpha value is -2.14. The zero-order valence-electron chi connectivity index (χ0n) is 13.3. The molecule has 1 amide bonds.